The van der Waals surface area contributed by atoms with Crippen LogP contribution in [0.25, 0.3) is 0 Å². The molecule has 2 saturated heterocycles. The zero-order valence-electron chi connectivity index (χ0n) is 12.9. The largest absolute Gasteiger partial charge is 0.378 e. The lowest BCUT2D eigenvalue weighted by atomic mass is 10.3. The normalized spacial score (nSPS) is 23.4. The summed E-state index contributed by atoms with van der Waals surface area (Å²) in [6.07, 6.45) is 0. The summed E-state index contributed by atoms with van der Waals surface area (Å²) in [4.78, 5) is 2.06. The fourth-order valence-electron chi connectivity index (χ4n) is 2.40. The number of rotatable bonds is 2. The summed E-state index contributed by atoms with van der Waals surface area (Å²) in [7, 11) is 0. The summed E-state index contributed by atoms with van der Waals surface area (Å²) in [5, 5.41) is 12.8. The Morgan fingerprint density at radius 3 is 2.96 bits per heavy atom. The Hall–Kier alpha value is -1.02. The topological polar surface area (TPSA) is 40.1 Å². The van der Waals surface area contributed by atoms with Crippen molar-refractivity contribution in [1.82, 2.24) is 9.91 Å². The molecule has 23 heavy (non-hydrogen) atoms. The third-order valence-corrected chi connectivity index (χ3v) is 5.13. The minimum absolute atomic E-state index is 0.453. The van der Waals surface area contributed by atoms with E-state index in [2.05, 4.69) is 22.1 Å². The second-order valence-corrected chi connectivity index (χ2v) is 7.66. The molecule has 1 aromatic rings. The number of nitrogens with zero attached hydrogens (tertiary/aromatic N) is 3. The summed E-state index contributed by atoms with van der Waals surface area (Å²) < 4.78 is 5.37. The summed E-state index contributed by atoms with van der Waals surface area (Å²) in [6, 6.07) is 7.55. The monoisotopic (exact) mass is 370 g/mol. The molecule has 8 heteroatoms. The van der Waals surface area contributed by atoms with E-state index in [-0.39, 0.29) is 0 Å². The Balaban J connectivity index is 1.70. The zero-order valence-corrected chi connectivity index (χ0v) is 15.3. The predicted molar refractivity (Wildman–Crippen MR) is 101 cm³/mol. The number of amidine groups is 1. The van der Waals surface area contributed by atoms with Crippen molar-refractivity contribution in [3.8, 4) is 0 Å². The molecule has 2 aliphatic heterocycles. The van der Waals surface area contributed by atoms with Crippen LogP contribution in [0.1, 0.15) is 6.92 Å². The van der Waals surface area contributed by atoms with Gasteiger partial charge in [-0.25, -0.2) is 0 Å². The molecular weight excluding hydrogens is 352 g/mol. The molecule has 2 fully saturated rings. The Morgan fingerprint density at radius 2 is 2.22 bits per heavy atom. The molecule has 124 valence electrons. The second-order valence-electron chi connectivity index (χ2n) is 5.43. The number of hydrazone groups is 1. The van der Waals surface area contributed by atoms with Gasteiger partial charge in [-0.2, -0.15) is 5.10 Å². The molecule has 1 aromatic carbocycles. The fraction of sp³-hybridized carbons (Fsp3) is 0.467. The van der Waals surface area contributed by atoms with E-state index in [1.807, 2.05) is 24.3 Å². The standard InChI is InChI=1S/C15H19ClN4OS2/c1-11-10-20(14(22)17-13-4-2-3-12(16)9-13)15(23-11)18-19-5-7-21-8-6-19/h2-4,9,11H,5-8,10H2,1H3,(H,17,22)/b18-15+. The Morgan fingerprint density at radius 1 is 1.43 bits per heavy atom. The van der Waals surface area contributed by atoms with Crippen LogP contribution in [0.2, 0.25) is 5.02 Å². The van der Waals surface area contributed by atoms with Gasteiger partial charge in [-0.1, -0.05) is 36.4 Å². The highest BCUT2D eigenvalue weighted by molar-refractivity contribution is 8.14. The van der Waals surface area contributed by atoms with Crippen molar-refractivity contribution < 1.29 is 4.74 Å². The molecule has 0 aromatic heterocycles. The van der Waals surface area contributed by atoms with Crippen LogP contribution in [0, 0.1) is 0 Å². The van der Waals surface area contributed by atoms with Crippen LogP contribution in [0.5, 0.6) is 0 Å². The van der Waals surface area contributed by atoms with Crippen LogP contribution < -0.4 is 5.32 Å². The van der Waals surface area contributed by atoms with Crippen LogP contribution >= 0.6 is 35.6 Å². The van der Waals surface area contributed by atoms with Crippen molar-refractivity contribution in [1.29, 1.82) is 0 Å². The van der Waals surface area contributed by atoms with Crippen molar-refractivity contribution >= 4 is 51.5 Å². The highest BCUT2D eigenvalue weighted by Gasteiger charge is 2.30. The minimum atomic E-state index is 0.453. The average Bonchev–Trinajstić information content (AvgIpc) is 2.89. The van der Waals surface area contributed by atoms with Crippen LogP contribution in [0.4, 0.5) is 5.69 Å². The number of anilines is 1. The highest BCUT2D eigenvalue weighted by atomic mass is 35.5. The molecule has 0 bridgehead atoms. The quantitative estimate of drug-likeness (QED) is 0.807. The Bertz CT molecular complexity index is 607. The van der Waals surface area contributed by atoms with Gasteiger partial charge in [0.05, 0.1) is 26.3 Å². The van der Waals surface area contributed by atoms with Gasteiger partial charge in [0, 0.05) is 22.5 Å². The number of halogens is 1. The smallest absolute Gasteiger partial charge is 0.189 e. The number of hydrogen-bond donors (Lipinski definition) is 1. The lowest BCUT2D eigenvalue weighted by molar-refractivity contribution is 0.0391. The Kier molecular flexibility index (Phi) is 5.63. The summed E-state index contributed by atoms with van der Waals surface area (Å²) in [5.74, 6) is 0. The molecule has 0 saturated carbocycles. The molecular formula is C15H19ClN4OS2. The third-order valence-electron chi connectivity index (χ3n) is 3.51. The van der Waals surface area contributed by atoms with Crippen molar-refractivity contribution in [2.24, 2.45) is 5.10 Å². The molecule has 1 N–H and O–H groups in total. The second kappa shape index (κ2) is 7.70. The molecule has 5 nitrogen and oxygen atoms in total. The van der Waals surface area contributed by atoms with Crippen LogP contribution in [-0.4, -0.2) is 58.3 Å². The first-order chi connectivity index (χ1) is 11.1. The van der Waals surface area contributed by atoms with Gasteiger partial charge in [0.15, 0.2) is 10.3 Å². The number of thiocarbonyl (C=S) groups is 1. The van der Waals surface area contributed by atoms with E-state index >= 15 is 0 Å². The fourth-order valence-corrected chi connectivity index (χ4v) is 3.96. The zero-order chi connectivity index (χ0) is 16.2. The minimum Gasteiger partial charge on any atom is -0.378 e. The van der Waals surface area contributed by atoms with Crippen molar-refractivity contribution in [2.75, 3.05) is 38.2 Å². The Labute approximate surface area is 151 Å². The SMILES string of the molecule is CC1CN(C(=S)Nc2cccc(Cl)c2)/C(=N\N2CCOCC2)S1. The number of hydrogen-bond acceptors (Lipinski definition) is 5. The average molecular weight is 371 g/mol. The number of benzene rings is 1. The van der Waals surface area contributed by atoms with Crippen LogP contribution in [0.15, 0.2) is 29.4 Å². The lowest BCUT2D eigenvalue weighted by Gasteiger charge is -2.26. The molecule has 0 spiro atoms. The van der Waals surface area contributed by atoms with Gasteiger partial charge in [-0.05, 0) is 30.4 Å². The summed E-state index contributed by atoms with van der Waals surface area (Å²) >= 11 is 13.3. The molecule has 0 radical (unpaired) electrons. The molecule has 2 aliphatic rings. The van der Waals surface area contributed by atoms with E-state index in [9.17, 15) is 0 Å². The van der Waals surface area contributed by atoms with E-state index < -0.39 is 0 Å². The van der Waals surface area contributed by atoms with Crippen LogP contribution in [0.3, 0.4) is 0 Å². The van der Waals surface area contributed by atoms with E-state index in [0.717, 1.165) is 43.7 Å². The lowest BCUT2D eigenvalue weighted by Crippen LogP contribution is -2.39. The van der Waals surface area contributed by atoms with Gasteiger partial charge in [-0.15, -0.1) is 0 Å². The molecule has 3 rings (SSSR count). The number of thioether (sulfide) groups is 1. The van der Waals surface area contributed by atoms with Gasteiger partial charge in [0.2, 0.25) is 0 Å². The maximum absolute atomic E-state index is 6.03. The molecule has 1 atom stereocenters. The third kappa shape index (κ3) is 4.50. The summed E-state index contributed by atoms with van der Waals surface area (Å²) in [6.45, 7) is 6.12. The number of nitrogens with one attached hydrogen (secondary N) is 1. The highest BCUT2D eigenvalue weighted by Crippen LogP contribution is 2.27. The van der Waals surface area contributed by atoms with Crippen LogP contribution in [-0.2, 0) is 4.74 Å². The molecule has 0 amide bonds. The molecule has 1 unspecified atom stereocenters. The van der Waals surface area contributed by atoms with Gasteiger partial charge < -0.3 is 10.1 Å². The molecule has 2 heterocycles. The van der Waals surface area contributed by atoms with Crippen molar-refractivity contribution in [3.63, 3.8) is 0 Å². The first-order valence-corrected chi connectivity index (χ1v) is 9.20. The molecule has 0 aliphatic carbocycles. The maximum atomic E-state index is 6.03. The van der Waals surface area contributed by atoms with Gasteiger partial charge in [0.1, 0.15) is 0 Å². The van der Waals surface area contributed by atoms with Crippen molar-refractivity contribution in [3.05, 3.63) is 29.3 Å². The summed E-state index contributed by atoms with van der Waals surface area (Å²) in [5.41, 5.74) is 0.887. The number of ether oxygens (including phenoxy) is 1. The van der Waals surface area contributed by atoms with Gasteiger partial charge >= 0.3 is 0 Å². The maximum Gasteiger partial charge on any atom is 0.189 e. The number of morpholine rings is 1. The first-order valence-electron chi connectivity index (χ1n) is 7.54. The predicted octanol–water partition coefficient (Wildman–Crippen LogP) is 3.08. The van der Waals surface area contributed by atoms with Crippen molar-refractivity contribution in [2.45, 2.75) is 12.2 Å². The van der Waals surface area contributed by atoms with Gasteiger partial charge in [0.25, 0.3) is 0 Å². The van der Waals surface area contributed by atoms with Gasteiger partial charge in [-0.3, -0.25) is 9.91 Å². The van der Waals surface area contributed by atoms with E-state index in [4.69, 9.17) is 33.7 Å². The van der Waals surface area contributed by atoms with E-state index in [1.165, 1.54) is 0 Å². The van der Waals surface area contributed by atoms with E-state index in [0.29, 0.717) is 15.4 Å². The first kappa shape index (κ1) is 16.8. The van der Waals surface area contributed by atoms with E-state index in [1.54, 1.807) is 11.8 Å².